The Morgan fingerprint density at radius 2 is 1.65 bits per heavy atom. The summed E-state index contributed by atoms with van der Waals surface area (Å²) in [6.45, 7) is 12.8. The minimum Gasteiger partial charge on any atom is -0.403 e. The van der Waals surface area contributed by atoms with Crippen molar-refractivity contribution in [1.29, 1.82) is 0 Å². The van der Waals surface area contributed by atoms with Crippen molar-refractivity contribution in [2.75, 3.05) is 0 Å². The zero-order valence-corrected chi connectivity index (χ0v) is 12.3. The van der Waals surface area contributed by atoms with Gasteiger partial charge in [0.15, 0.2) is 0 Å². The lowest BCUT2D eigenvalue weighted by atomic mass is 9.80. The maximum absolute atomic E-state index is 5.98. The minimum atomic E-state index is -0.207. The molecule has 2 nitrogen and oxygen atoms in total. The van der Waals surface area contributed by atoms with Crippen LogP contribution in [0.25, 0.3) is 0 Å². The molecule has 0 spiro atoms. The van der Waals surface area contributed by atoms with Crippen LogP contribution in [0, 0.1) is 0 Å². The Bertz CT molecular complexity index is 266. The molecule has 0 amide bonds. The molecule has 0 aromatic rings. The Hall–Kier alpha value is -0.275. The third-order valence-electron chi connectivity index (χ3n) is 3.84. The molecular weight excluding hydrogens is 211 g/mol. The summed E-state index contributed by atoms with van der Waals surface area (Å²) in [6, 6.07) is 0. The van der Waals surface area contributed by atoms with Gasteiger partial charge in [-0.2, -0.15) is 0 Å². The first-order chi connectivity index (χ1) is 7.78. The largest absolute Gasteiger partial charge is 0.462 e. The van der Waals surface area contributed by atoms with E-state index in [1.54, 1.807) is 0 Å². The van der Waals surface area contributed by atoms with Crippen molar-refractivity contribution in [3.8, 4) is 0 Å². The van der Waals surface area contributed by atoms with Gasteiger partial charge in [0.25, 0.3) is 0 Å². The molecule has 1 aliphatic rings. The van der Waals surface area contributed by atoms with Gasteiger partial charge in [0, 0.05) is 6.32 Å². The summed E-state index contributed by atoms with van der Waals surface area (Å²) in [4.78, 5) is 0. The topological polar surface area (TPSA) is 18.5 Å². The maximum atomic E-state index is 5.98. The highest BCUT2D eigenvalue weighted by Gasteiger charge is 2.50. The van der Waals surface area contributed by atoms with Gasteiger partial charge < -0.3 is 9.31 Å². The quantitative estimate of drug-likeness (QED) is 0.405. The molecule has 0 N–H and O–H groups in total. The molecule has 0 radical (unpaired) electrons. The Labute approximate surface area is 107 Å². The molecule has 0 saturated carbocycles. The predicted octanol–water partition coefficient (Wildman–Crippen LogP) is 4.22. The molecule has 1 fully saturated rings. The van der Waals surface area contributed by atoms with Gasteiger partial charge in [-0.3, -0.25) is 0 Å². The number of rotatable bonds is 5. The van der Waals surface area contributed by atoms with Gasteiger partial charge in [0.05, 0.1) is 11.2 Å². The lowest BCUT2D eigenvalue weighted by molar-refractivity contribution is 0.00578. The fourth-order valence-corrected chi connectivity index (χ4v) is 1.95. The lowest BCUT2D eigenvalue weighted by Gasteiger charge is -2.32. The SMILES string of the molecule is CCCC/C=C(/C)CB1OC(C)(C)C(C)(C)O1. The Morgan fingerprint density at radius 1 is 1.12 bits per heavy atom. The summed E-state index contributed by atoms with van der Waals surface area (Å²) in [6.07, 6.45) is 6.88. The zero-order valence-electron chi connectivity index (χ0n) is 12.3. The first-order valence-corrected chi connectivity index (χ1v) is 6.80. The Balaban J connectivity index is 2.47. The molecule has 0 unspecified atom stereocenters. The fourth-order valence-electron chi connectivity index (χ4n) is 1.95. The van der Waals surface area contributed by atoms with E-state index in [1.807, 2.05) is 0 Å². The van der Waals surface area contributed by atoms with E-state index in [4.69, 9.17) is 9.31 Å². The lowest BCUT2D eigenvalue weighted by Crippen LogP contribution is -2.41. The van der Waals surface area contributed by atoms with Crippen molar-refractivity contribution < 1.29 is 9.31 Å². The summed E-state index contributed by atoms with van der Waals surface area (Å²) >= 11 is 0. The van der Waals surface area contributed by atoms with Crippen LogP contribution in [0.5, 0.6) is 0 Å². The summed E-state index contributed by atoms with van der Waals surface area (Å²) < 4.78 is 12.0. The van der Waals surface area contributed by atoms with Gasteiger partial charge in [-0.05, 0) is 41.0 Å². The van der Waals surface area contributed by atoms with Gasteiger partial charge in [-0.1, -0.05) is 31.4 Å². The van der Waals surface area contributed by atoms with E-state index in [0.717, 1.165) is 6.32 Å². The fraction of sp³-hybridized carbons (Fsp3) is 0.857. The van der Waals surface area contributed by atoms with E-state index in [9.17, 15) is 0 Å². The molecular formula is C14H27BO2. The molecule has 0 aromatic carbocycles. The Morgan fingerprint density at radius 3 is 2.12 bits per heavy atom. The van der Waals surface area contributed by atoms with Crippen LogP contribution in [0.1, 0.15) is 60.8 Å². The average Bonchev–Trinajstić information content (AvgIpc) is 2.35. The van der Waals surface area contributed by atoms with E-state index in [0.29, 0.717) is 0 Å². The third-order valence-corrected chi connectivity index (χ3v) is 3.84. The summed E-state index contributed by atoms with van der Waals surface area (Å²) in [5.74, 6) is 0. The van der Waals surface area contributed by atoms with Crippen LogP contribution in [0.4, 0.5) is 0 Å². The molecule has 17 heavy (non-hydrogen) atoms. The van der Waals surface area contributed by atoms with Crippen molar-refractivity contribution in [2.45, 2.75) is 78.3 Å². The van der Waals surface area contributed by atoms with E-state index in [-0.39, 0.29) is 18.3 Å². The van der Waals surface area contributed by atoms with Crippen LogP contribution in [-0.4, -0.2) is 18.3 Å². The minimum absolute atomic E-state index is 0.0853. The molecule has 98 valence electrons. The first kappa shape index (κ1) is 14.8. The highest BCUT2D eigenvalue weighted by Crippen LogP contribution is 2.38. The number of allylic oxidation sites excluding steroid dienone is 2. The molecule has 0 aliphatic carbocycles. The van der Waals surface area contributed by atoms with Crippen molar-refractivity contribution in [3.05, 3.63) is 11.6 Å². The van der Waals surface area contributed by atoms with Crippen LogP contribution in [0.15, 0.2) is 11.6 Å². The standard InChI is InChI=1S/C14H27BO2/c1-7-8-9-10-12(2)11-15-16-13(3,4)14(5,6)17-15/h10H,7-9,11H2,1-6H3/b12-10-. The molecule has 1 saturated heterocycles. The van der Waals surface area contributed by atoms with Crippen LogP contribution in [0.3, 0.4) is 0 Å². The van der Waals surface area contributed by atoms with Gasteiger partial charge >= 0.3 is 7.12 Å². The summed E-state index contributed by atoms with van der Waals surface area (Å²) in [5, 5.41) is 0. The van der Waals surface area contributed by atoms with Crippen molar-refractivity contribution >= 4 is 7.12 Å². The van der Waals surface area contributed by atoms with Crippen LogP contribution in [0.2, 0.25) is 6.32 Å². The highest BCUT2D eigenvalue weighted by molar-refractivity contribution is 6.46. The Kier molecular flexibility index (Phi) is 4.85. The molecule has 1 aliphatic heterocycles. The highest BCUT2D eigenvalue weighted by atomic mass is 16.7. The van der Waals surface area contributed by atoms with Crippen LogP contribution < -0.4 is 0 Å². The molecule has 1 heterocycles. The van der Waals surface area contributed by atoms with Gasteiger partial charge in [-0.15, -0.1) is 0 Å². The smallest absolute Gasteiger partial charge is 0.403 e. The summed E-state index contributed by atoms with van der Waals surface area (Å²) in [7, 11) is -0.0853. The number of unbranched alkanes of at least 4 members (excludes halogenated alkanes) is 2. The number of hydrogen-bond acceptors (Lipinski definition) is 2. The molecule has 1 rings (SSSR count). The summed E-state index contributed by atoms with van der Waals surface area (Å²) in [5.41, 5.74) is 0.958. The van der Waals surface area contributed by atoms with E-state index in [1.165, 1.54) is 24.8 Å². The average molecular weight is 238 g/mol. The van der Waals surface area contributed by atoms with Gasteiger partial charge in [0.1, 0.15) is 0 Å². The van der Waals surface area contributed by atoms with Crippen molar-refractivity contribution in [1.82, 2.24) is 0 Å². The van der Waals surface area contributed by atoms with E-state index >= 15 is 0 Å². The third kappa shape index (κ3) is 3.85. The van der Waals surface area contributed by atoms with E-state index < -0.39 is 0 Å². The van der Waals surface area contributed by atoms with Crippen LogP contribution >= 0.6 is 0 Å². The molecule has 0 aromatic heterocycles. The van der Waals surface area contributed by atoms with Crippen LogP contribution in [-0.2, 0) is 9.31 Å². The molecule has 3 heteroatoms. The molecule has 0 atom stereocenters. The normalized spacial score (nSPS) is 23.2. The van der Waals surface area contributed by atoms with E-state index in [2.05, 4.69) is 47.6 Å². The van der Waals surface area contributed by atoms with Crippen molar-refractivity contribution in [3.63, 3.8) is 0 Å². The zero-order chi connectivity index (χ0) is 13.1. The second kappa shape index (κ2) is 5.58. The maximum Gasteiger partial charge on any atom is 0.462 e. The second-order valence-corrected chi connectivity index (χ2v) is 6.08. The van der Waals surface area contributed by atoms with Gasteiger partial charge in [-0.25, -0.2) is 0 Å². The monoisotopic (exact) mass is 238 g/mol. The number of hydrogen-bond donors (Lipinski definition) is 0. The predicted molar refractivity (Wildman–Crippen MR) is 74.2 cm³/mol. The molecule has 0 bridgehead atoms. The first-order valence-electron chi connectivity index (χ1n) is 6.80. The van der Waals surface area contributed by atoms with Gasteiger partial charge in [0.2, 0.25) is 0 Å². The second-order valence-electron chi connectivity index (χ2n) is 6.08. The van der Waals surface area contributed by atoms with Crippen molar-refractivity contribution in [2.24, 2.45) is 0 Å².